The van der Waals surface area contributed by atoms with E-state index in [0.29, 0.717) is 10.8 Å². The fraction of sp³-hybridized carbons (Fsp3) is 0.588. The van der Waals surface area contributed by atoms with Crippen molar-refractivity contribution in [2.75, 3.05) is 0 Å². The van der Waals surface area contributed by atoms with Crippen LogP contribution in [0, 0.1) is 18.3 Å². The van der Waals surface area contributed by atoms with E-state index in [1.54, 1.807) is 0 Å². The van der Waals surface area contributed by atoms with Gasteiger partial charge in [-0.05, 0) is 22.8 Å². The molecule has 1 aromatic rings. The van der Waals surface area contributed by atoms with E-state index in [9.17, 15) is 0 Å². The van der Waals surface area contributed by atoms with E-state index in [0.717, 1.165) is 6.42 Å². The zero-order chi connectivity index (χ0) is 12.8. The van der Waals surface area contributed by atoms with Crippen molar-refractivity contribution in [3.63, 3.8) is 0 Å². The number of hydrogen-bond acceptors (Lipinski definition) is 0. The van der Waals surface area contributed by atoms with Crippen LogP contribution in [0.3, 0.4) is 0 Å². The van der Waals surface area contributed by atoms with Crippen molar-refractivity contribution < 1.29 is 164 Å². The molecule has 0 heterocycles. The van der Waals surface area contributed by atoms with Crippen LogP contribution in [0.4, 0.5) is 0 Å². The van der Waals surface area contributed by atoms with Gasteiger partial charge in [0.1, 0.15) is 0 Å². The maximum atomic E-state index is 2.35. The molecule has 1 rings (SSSR count). The average Bonchev–Trinajstić information content (AvgIpc) is 2.20. The molecule has 0 aliphatic rings. The second-order valence-corrected chi connectivity index (χ2v) is 5.80. The Morgan fingerprint density at radius 3 is 1.25 bits per heavy atom. The fourth-order valence-corrected chi connectivity index (χ4v) is 1.37. The van der Waals surface area contributed by atoms with Crippen molar-refractivity contribution in [2.45, 2.75) is 55.9 Å². The van der Waals surface area contributed by atoms with Crippen LogP contribution < -0.4 is 0 Å². The Kier molecular flexibility index (Phi) is 74.9. The molecular weight excluding hydrogens is 903 g/mol. The molecule has 0 unspecified atom stereocenters. The van der Waals surface area contributed by atoms with Gasteiger partial charge in [-0.1, -0.05) is 79.8 Å². The number of benzene rings is 1. The Balaban J connectivity index is -0.0000000310. The van der Waals surface area contributed by atoms with E-state index in [4.69, 9.17) is 0 Å². The second kappa shape index (κ2) is 31.4. The predicted octanol–water partition coefficient (Wildman–Crippen LogP) is 7.78. The molecule has 1 aromatic carbocycles. The van der Waals surface area contributed by atoms with Gasteiger partial charge in [0, 0.05) is 201 Å². The first-order chi connectivity index (χ1) is 7.33. The largest absolute Gasteiger partial charge is 0.358 e. The van der Waals surface area contributed by atoms with Gasteiger partial charge >= 0.3 is 0 Å². The quantitative estimate of drug-likeness (QED) is 0.210. The summed E-state index contributed by atoms with van der Waals surface area (Å²) in [6.45, 7) is 11.6. The van der Waals surface area contributed by atoms with Crippen molar-refractivity contribution in [2.24, 2.45) is 10.8 Å². The average molecular weight is 936 g/mol. The molecule has 131 valence electrons. The van der Waals surface area contributed by atoms with Crippen LogP contribution in [0.5, 0.6) is 0 Å². The SMILES string of the molecule is C.C.CC(C)(C)C(C)(C)Cc1ccccc1.II.[CH3-].[Y].[Y].[Y].[Y].[Y]. The van der Waals surface area contributed by atoms with Crippen LogP contribution in [0.25, 0.3) is 0 Å². The molecular formula is C17H33I2Y5-. The van der Waals surface area contributed by atoms with Gasteiger partial charge in [0.05, 0.1) is 0 Å². The van der Waals surface area contributed by atoms with Gasteiger partial charge in [0.15, 0.2) is 0 Å². The third-order valence-corrected chi connectivity index (χ3v) is 3.52. The smallest absolute Gasteiger partial charge is 0 e. The Hall–Kier alpha value is 6.20. The van der Waals surface area contributed by atoms with Crippen LogP contribution in [-0.4, -0.2) is 0 Å². The van der Waals surface area contributed by atoms with Gasteiger partial charge in [-0.3, -0.25) is 0 Å². The van der Waals surface area contributed by atoms with Gasteiger partial charge in [-0.2, -0.15) is 0 Å². The molecule has 0 saturated heterocycles. The number of halogens is 2. The molecule has 0 amide bonds. The summed E-state index contributed by atoms with van der Waals surface area (Å²) in [5, 5.41) is 0. The fourth-order valence-electron chi connectivity index (χ4n) is 1.37. The van der Waals surface area contributed by atoms with E-state index in [1.165, 1.54) is 5.56 Å². The van der Waals surface area contributed by atoms with Gasteiger partial charge in [-0.15, -0.1) is 0 Å². The molecule has 0 atom stereocenters. The maximum absolute atomic E-state index is 2.35. The number of hydrogen-bond donors (Lipinski definition) is 0. The summed E-state index contributed by atoms with van der Waals surface area (Å²) in [5.41, 5.74) is 2.13. The minimum Gasteiger partial charge on any atom is -0.358 e. The van der Waals surface area contributed by atoms with E-state index in [-0.39, 0.29) is 186 Å². The first kappa shape index (κ1) is 57.3. The third kappa shape index (κ3) is 26.2. The Labute approximate surface area is 303 Å². The summed E-state index contributed by atoms with van der Waals surface area (Å²) >= 11 is 4.24. The molecule has 7 heteroatoms. The molecule has 0 bridgehead atoms. The maximum Gasteiger partial charge on any atom is 0 e. The van der Waals surface area contributed by atoms with Crippen LogP contribution >= 0.6 is 37.2 Å². The Morgan fingerprint density at radius 1 is 0.708 bits per heavy atom. The molecule has 0 fully saturated rings. The standard InChI is InChI=1S/C14H22.2CH4.CH3.I2.5Y/c1-13(2,3)14(4,5)11-12-9-7-6-8-10-12;;;;1-2;;;;;/h6-10H,11H2,1-5H3;2*1H4;1H3;;;;;;/q;;;-1;;;;;;. The third-order valence-electron chi connectivity index (χ3n) is 3.52. The predicted molar refractivity (Wildman–Crippen MR) is 111 cm³/mol. The van der Waals surface area contributed by atoms with Crippen molar-refractivity contribution >= 4 is 37.2 Å². The van der Waals surface area contributed by atoms with Crippen LogP contribution in [-0.2, 0) is 170 Å². The van der Waals surface area contributed by atoms with E-state index < -0.39 is 0 Å². The molecule has 5 radical (unpaired) electrons. The number of rotatable bonds is 2. The molecule has 0 aliphatic carbocycles. The van der Waals surface area contributed by atoms with Gasteiger partial charge < -0.3 is 7.43 Å². The molecule has 0 aromatic heterocycles. The van der Waals surface area contributed by atoms with Crippen molar-refractivity contribution in [3.8, 4) is 0 Å². The van der Waals surface area contributed by atoms with Crippen LogP contribution in [0.15, 0.2) is 30.3 Å². The summed E-state index contributed by atoms with van der Waals surface area (Å²) in [7, 11) is 0. The van der Waals surface area contributed by atoms with Crippen LogP contribution in [0.1, 0.15) is 55.0 Å². The normalized spacial score (nSPS) is 7.79. The van der Waals surface area contributed by atoms with Gasteiger partial charge in [-0.25, -0.2) is 0 Å². The zero-order valence-corrected chi connectivity index (χ0v) is 33.2. The minimum absolute atomic E-state index is 0. The monoisotopic (exact) mass is 936 g/mol. The molecule has 0 aliphatic heterocycles. The molecule has 24 heavy (non-hydrogen) atoms. The van der Waals surface area contributed by atoms with E-state index >= 15 is 0 Å². The Morgan fingerprint density at radius 2 is 1.00 bits per heavy atom. The van der Waals surface area contributed by atoms with E-state index in [2.05, 4.69) is 102 Å². The first-order valence-corrected chi connectivity index (χ1v) is 11.8. The summed E-state index contributed by atoms with van der Waals surface area (Å²) in [6.07, 6.45) is 1.15. The van der Waals surface area contributed by atoms with Gasteiger partial charge in [0.25, 0.3) is 0 Å². The summed E-state index contributed by atoms with van der Waals surface area (Å²) < 4.78 is 0. The minimum atomic E-state index is 0. The summed E-state index contributed by atoms with van der Waals surface area (Å²) in [6, 6.07) is 10.7. The van der Waals surface area contributed by atoms with E-state index in [1.807, 2.05) is 0 Å². The van der Waals surface area contributed by atoms with Crippen molar-refractivity contribution in [1.82, 2.24) is 0 Å². The Bertz CT molecular complexity index is 302. The summed E-state index contributed by atoms with van der Waals surface area (Å²) in [5.74, 6) is 0. The molecule has 0 N–H and O–H groups in total. The summed E-state index contributed by atoms with van der Waals surface area (Å²) in [4.78, 5) is 0. The van der Waals surface area contributed by atoms with Crippen molar-refractivity contribution in [3.05, 3.63) is 43.3 Å². The van der Waals surface area contributed by atoms with Crippen LogP contribution in [0.2, 0.25) is 0 Å². The topological polar surface area (TPSA) is 0 Å². The second-order valence-electron chi connectivity index (χ2n) is 5.80. The molecule has 0 spiro atoms. The van der Waals surface area contributed by atoms with Crippen molar-refractivity contribution in [1.29, 1.82) is 0 Å². The first-order valence-electron chi connectivity index (χ1n) is 5.51. The van der Waals surface area contributed by atoms with Gasteiger partial charge in [0.2, 0.25) is 0 Å². The molecule has 0 saturated carbocycles. The zero-order valence-electron chi connectivity index (χ0n) is 14.7. The molecule has 0 nitrogen and oxygen atoms in total.